The fourth-order valence-corrected chi connectivity index (χ4v) is 2.91. The van der Waals surface area contributed by atoms with Crippen molar-refractivity contribution in [3.05, 3.63) is 95.6 Å². The lowest BCUT2D eigenvalue weighted by Crippen LogP contribution is -2.08. The summed E-state index contributed by atoms with van der Waals surface area (Å²) in [7, 11) is 3.09. The SMILES string of the molecule is COCOc1ccc(/C=C/C(=O)c2c(OCOC)cccc2OCc2ccccc2)cc1. The van der Waals surface area contributed by atoms with Crippen LogP contribution in [-0.4, -0.2) is 33.6 Å². The smallest absolute Gasteiger partial charge is 0.193 e. The Morgan fingerprint density at radius 2 is 1.41 bits per heavy atom. The largest absolute Gasteiger partial charge is 0.488 e. The van der Waals surface area contributed by atoms with E-state index in [1.54, 1.807) is 31.4 Å². The molecular formula is C26H26O6. The van der Waals surface area contributed by atoms with Gasteiger partial charge >= 0.3 is 0 Å². The lowest BCUT2D eigenvalue weighted by atomic mass is 10.1. The molecule has 3 rings (SSSR count). The molecule has 0 aliphatic rings. The molecule has 0 N–H and O–H groups in total. The molecule has 0 bridgehead atoms. The molecule has 0 saturated carbocycles. The maximum absolute atomic E-state index is 13.1. The number of carbonyl (C=O) groups excluding carboxylic acids is 1. The van der Waals surface area contributed by atoms with E-state index in [1.165, 1.54) is 13.2 Å². The Bertz CT molecular complexity index is 1010. The molecule has 3 aromatic carbocycles. The number of methoxy groups -OCH3 is 2. The van der Waals surface area contributed by atoms with Gasteiger partial charge in [0.05, 0.1) is 0 Å². The predicted molar refractivity (Wildman–Crippen MR) is 122 cm³/mol. The third kappa shape index (κ3) is 6.70. The summed E-state index contributed by atoms with van der Waals surface area (Å²) in [6.45, 7) is 0.536. The van der Waals surface area contributed by atoms with Crippen molar-refractivity contribution in [1.82, 2.24) is 0 Å². The van der Waals surface area contributed by atoms with E-state index in [-0.39, 0.29) is 19.4 Å². The summed E-state index contributed by atoms with van der Waals surface area (Å²) in [5.74, 6) is 1.29. The van der Waals surface area contributed by atoms with Gasteiger partial charge in [-0.25, -0.2) is 0 Å². The zero-order chi connectivity index (χ0) is 22.6. The van der Waals surface area contributed by atoms with Gasteiger partial charge in [0.1, 0.15) is 29.4 Å². The molecule has 0 radical (unpaired) electrons. The van der Waals surface area contributed by atoms with Crippen LogP contribution in [0.1, 0.15) is 21.5 Å². The van der Waals surface area contributed by atoms with Gasteiger partial charge in [-0.05, 0) is 41.5 Å². The van der Waals surface area contributed by atoms with Gasteiger partial charge in [-0.1, -0.05) is 54.6 Å². The van der Waals surface area contributed by atoms with E-state index in [9.17, 15) is 4.79 Å². The summed E-state index contributed by atoms with van der Waals surface area (Å²) in [5, 5.41) is 0. The normalized spacial score (nSPS) is 10.8. The Kier molecular flexibility index (Phi) is 8.86. The maximum Gasteiger partial charge on any atom is 0.193 e. The number of ketones is 1. The maximum atomic E-state index is 13.1. The fraction of sp³-hybridized carbons (Fsp3) is 0.192. The molecule has 0 atom stereocenters. The molecule has 0 aliphatic carbocycles. The summed E-state index contributed by atoms with van der Waals surface area (Å²) in [6.07, 6.45) is 3.23. The minimum Gasteiger partial charge on any atom is -0.488 e. The third-order valence-electron chi connectivity index (χ3n) is 4.45. The van der Waals surface area contributed by atoms with Gasteiger partial charge in [0, 0.05) is 14.2 Å². The number of benzene rings is 3. The topological polar surface area (TPSA) is 63.2 Å². The van der Waals surface area contributed by atoms with Gasteiger partial charge in [-0.15, -0.1) is 0 Å². The van der Waals surface area contributed by atoms with Gasteiger partial charge in [-0.3, -0.25) is 4.79 Å². The van der Waals surface area contributed by atoms with Crippen molar-refractivity contribution in [3.63, 3.8) is 0 Å². The number of allylic oxidation sites excluding steroid dienone is 1. The minimum absolute atomic E-state index is 0.0229. The van der Waals surface area contributed by atoms with E-state index < -0.39 is 0 Å². The Balaban J connectivity index is 1.79. The van der Waals surface area contributed by atoms with E-state index >= 15 is 0 Å². The molecule has 0 aromatic heterocycles. The standard InChI is InChI=1S/C26H26O6/c1-28-18-31-22-14-11-20(12-15-22)13-16-23(27)26-24(9-6-10-25(26)32-19-29-2)30-17-21-7-4-3-5-8-21/h3-16H,17-19H2,1-2H3/b16-13+. The van der Waals surface area contributed by atoms with E-state index in [0.29, 0.717) is 29.4 Å². The van der Waals surface area contributed by atoms with Gasteiger partial charge in [0.25, 0.3) is 0 Å². The van der Waals surface area contributed by atoms with Crippen LogP contribution in [0.5, 0.6) is 17.2 Å². The molecule has 0 aliphatic heterocycles. The fourth-order valence-electron chi connectivity index (χ4n) is 2.91. The molecule has 0 fully saturated rings. The molecule has 0 spiro atoms. The average Bonchev–Trinajstić information content (AvgIpc) is 2.84. The quantitative estimate of drug-likeness (QED) is 0.224. The van der Waals surface area contributed by atoms with Crippen LogP contribution < -0.4 is 14.2 Å². The summed E-state index contributed by atoms with van der Waals surface area (Å²) in [6, 6.07) is 22.4. The molecule has 0 heterocycles. The Morgan fingerprint density at radius 3 is 2.09 bits per heavy atom. The Labute approximate surface area is 188 Å². The highest BCUT2D eigenvalue weighted by Gasteiger charge is 2.17. The van der Waals surface area contributed by atoms with Crippen LogP contribution in [0.25, 0.3) is 6.08 Å². The molecule has 0 saturated heterocycles. The van der Waals surface area contributed by atoms with Crippen molar-refractivity contribution in [2.45, 2.75) is 6.61 Å². The summed E-state index contributed by atoms with van der Waals surface area (Å²) in [4.78, 5) is 13.1. The van der Waals surface area contributed by atoms with Crippen molar-refractivity contribution < 1.29 is 28.5 Å². The first-order chi connectivity index (χ1) is 15.7. The monoisotopic (exact) mass is 434 g/mol. The van der Waals surface area contributed by atoms with Crippen LogP contribution in [0.2, 0.25) is 0 Å². The van der Waals surface area contributed by atoms with Crippen LogP contribution in [0, 0.1) is 0 Å². The Morgan fingerprint density at radius 1 is 0.750 bits per heavy atom. The van der Waals surface area contributed by atoms with E-state index in [1.807, 2.05) is 54.6 Å². The van der Waals surface area contributed by atoms with Crippen LogP contribution >= 0.6 is 0 Å². The van der Waals surface area contributed by atoms with Gasteiger partial charge in [0.2, 0.25) is 0 Å². The second-order valence-electron chi connectivity index (χ2n) is 6.77. The molecule has 166 valence electrons. The minimum atomic E-state index is -0.237. The van der Waals surface area contributed by atoms with Crippen molar-refractivity contribution in [2.75, 3.05) is 27.8 Å². The summed E-state index contributed by atoms with van der Waals surface area (Å²) < 4.78 is 26.9. The molecule has 3 aromatic rings. The average molecular weight is 434 g/mol. The van der Waals surface area contributed by atoms with Gasteiger partial charge in [-0.2, -0.15) is 0 Å². The molecular weight excluding hydrogens is 408 g/mol. The highest BCUT2D eigenvalue weighted by Crippen LogP contribution is 2.30. The zero-order valence-corrected chi connectivity index (χ0v) is 18.2. The molecule has 6 nitrogen and oxygen atoms in total. The molecule has 6 heteroatoms. The van der Waals surface area contributed by atoms with Crippen LogP contribution in [0.15, 0.2) is 78.9 Å². The molecule has 32 heavy (non-hydrogen) atoms. The predicted octanol–water partition coefficient (Wildman–Crippen LogP) is 5.13. The van der Waals surface area contributed by atoms with E-state index in [0.717, 1.165) is 11.1 Å². The summed E-state index contributed by atoms with van der Waals surface area (Å²) >= 11 is 0. The number of hydrogen-bond donors (Lipinski definition) is 0. The van der Waals surface area contributed by atoms with Crippen molar-refractivity contribution in [3.8, 4) is 17.2 Å². The molecule has 0 unspecified atom stereocenters. The van der Waals surface area contributed by atoms with Crippen LogP contribution in [0.3, 0.4) is 0 Å². The van der Waals surface area contributed by atoms with E-state index in [4.69, 9.17) is 23.7 Å². The lowest BCUT2D eigenvalue weighted by molar-refractivity contribution is 0.0500. The van der Waals surface area contributed by atoms with Crippen LogP contribution in [-0.2, 0) is 16.1 Å². The first kappa shape index (κ1) is 23.1. The lowest BCUT2D eigenvalue weighted by Gasteiger charge is -2.14. The van der Waals surface area contributed by atoms with Crippen molar-refractivity contribution in [1.29, 1.82) is 0 Å². The second-order valence-corrected chi connectivity index (χ2v) is 6.77. The second kappa shape index (κ2) is 12.3. The van der Waals surface area contributed by atoms with Crippen LogP contribution in [0.4, 0.5) is 0 Å². The number of rotatable bonds is 12. The van der Waals surface area contributed by atoms with Gasteiger partial charge in [0.15, 0.2) is 19.4 Å². The Hall–Kier alpha value is -3.61. The van der Waals surface area contributed by atoms with Crippen molar-refractivity contribution >= 4 is 11.9 Å². The number of hydrogen-bond acceptors (Lipinski definition) is 6. The molecule has 0 amide bonds. The highest BCUT2D eigenvalue weighted by atomic mass is 16.7. The number of carbonyl (C=O) groups is 1. The summed E-state index contributed by atoms with van der Waals surface area (Å²) in [5.41, 5.74) is 2.20. The third-order valence-corrected chi connectivity index (χ3v) is 4.45. The van der Waals surface area contributed by atoms with Gasteiger partial charge < -0.3 is 23.7 Å². The van der Waals surface area contributed by atoms with E-state index in [2.05, 4.69) is 0 Å². The first-order valence-corrected chi connectivity index (χ1v) is 10.1. The van der Waals surface area contributed by atoms with Crippen molar-refractivity contribution in [2.24, 2.45) is 0 Å². The first-order valence-electron chi connectivity index (χ1n) is 10.1. The zero-order valence-electron chi connectivity index (χ0n) is 18.2. The highest BCUT2D eigenvalue weighted by molar-refractivity contribution is 6.10. The number of ether oxygens (including phenoxy) is 5.